The third kappa shape index (κ3) is 8.86. The van der Waals surface area contributed by atoms with Crippen LogP contribution in [0, 0.1) is 5.41 Å². The fraction of sp³-hybridized carbons (Fsp3) is 0.400. The second-order valence-electron chi connectivity index (χ2n) is 9.66. The second-order valence-corrected chi connectivity index (χ2v) is 9.66. The number of nitrogens with one attached hydrogen (secondary N) is 2. The highest BCUT2D eigenvalue weighted by Crippen LogP contribution is 2.24. The van der Waals surface area contributed by atoms with Crippen molar-refractivity contribution in [2.75, 3.05) is 10.6 Å². The minimum absolute atomic E-state index is 0.217. The van der Waals surface area contributed by atoms with E-state index in [1.807, 2.05) is 45.0 Å². The van der Waals surface area contributed by atoms with Crippen molar-refractivity contribution in [2.24, 2.45) is 5.41 Å². The van der Waals surface area contributed by atoms with Gasteiger partial charge in [0.05, 0.1) is 0 Å². The lowest BCUT2D eigenvalue weighted by Gasteiger charge is -2.20. The van der Waals surface area contributed by atoms with Crippen molar-refractivity contribution in [1.29, 1.82) is 0 Å². The molecule has 0 saturated carbocycles. The Morgan fingerprint density at radius 2 is 1.28 bits per heavy atom. The van der Waals surface area contributed by atoms with Gasteiger partial charge in [0.1, 0.15) is 5.60 Å². The lowest BCUT2D eigenvalue weighted by atomic mass is 9.91. The van der Waals surface area contributed by atoms with Crippen LogP contribution in [0.25, 0.3) is 0 Å². The molecular weight excluding hydrogens is 360 g/mol. The van der Waals surface area contributed by atoms with Crippen molar-refractivity contribution < 1.29 is 9.53 Å². The molecule has 0 saturated heterocycles. The highest BCUT2D eigenvalue weighted by molar-refractivity contribution is 5.84. The number of ether oxygens (including phenoxy) is 1. The van der Waals surface area contributed by atoms with E-state index in [1.165, 1.54) is 11.1 Å². The van der Waals surface area contributed by atoms with Gasteiger partial charge in [0.2, 0.25) is 0 Å². The van der Waals surface area contributed by atoms with Gasteiger partial charge in [-0.2, -0.15) is 0 Å². The van der Waals surface area contributed by atoms with E-state index < -0.39 is 11.7 Å². The quantitative estimate of drug-likeness (QED) is 0.555. The molecule has 2 rings (SSSR count). The Bertz CT molecular complexity index is 752. The third-order valence-electron chi connectivity index (χ3n) is 4.03. The van der Waals surface area contributed by atoms with Crippen molar-refractivity contribution in [3.8, 4) is 0 Å². The van der Waals surface area contributed by atoms with Gasteiger partial charge in [0.25, 0.3) is 0 Å². The van der Waals surface area contributed by atoms with Crippen molar-refractivity contribution >= 4 is 17.5 Å². The Morgan fingerprint density at radius 3 is 1.69 bits per heavy atom. The topological polar surface area (TPSA) is 50.4 Å². The molecular formula is C25H34N2O2. The van der Waals surface area contributed by atoms with Crippen LogP contribution < -0.4 is 10.6 Å². The van der Waals surface area contributed by atoms with Gasteiger partial charge in [0, 0.05) is 17.1 Å². The number of allylic oxidation sites excluding steroid dienone is 1. The molecule has 0 aromatic heterocycles. The van der Waals surface area contributed by atoms with Crippen LogP contribution in [0.4, 0.5) is 16.2 Å². The molecule has 156 valence electrons. The third-order valence-corrected chi connectivity index (χ3v) is 4.03. The second kappa shape index (κ2) is 9.17. The molecule has 4 heteroatoms. The summed E-state index contributed by atoms with van der Waals surface area (Å²) in [5.74, 6) is 0. The Kier molecular flexibility index (Phi) is 7.12. The monoisotopic (exact) mass is 394 g/mol. The van der Waals surface area contributed by atoms with Crippen molar-refractivity contribution in [2.45, 2.75) is 60.0 Å². The van der Waals surface area contributed by atoms with Crippen LogP contribution in [0.5, 0.6) is 0 Å². The standard InChI is InChI=1S/C25H34N2O2/c1-18(17-24(2,3)4)26-21-12-8-19(9-13-21)16-20-10-14-22(15-11-20)27-23(28)29-25(5,6)7/h8-15,26H,1,16-17H2,2-7H3,(H,27,28). The van der Waals surface area contributed by atoms with Crippen LogP contribution in [0.3, 0.4) is 0 Å². The molecule has 0 fully saturated rings. The molecule has 1 amide bonds. The SMILES string of the molecule is C=C(CC(C)(C)C)Nc1ccc(Cc2ccc(NC(=O)OC(C)(C)C)cc2)cc1. The predicted molar refractivity (Wildman–Crippen MR) is 122 cm³/mol. The van der Waals surface area contributed by atoms with E-state index in [9.17, 15) is 4.79 Å². The van der Waals surface area contributed by atoms with Gasteiger partial charge in [0.15, 0.2) is 0 Å². The number of carbonyl (C=O) groups excluding carboxylic acids is 1. The largest absolute Gasteiger partial charge is 0.444 e. The summed E-state index contributed by atoms with van der Waals surface area (Å²) in [4.78, 5) is 11.8. The van der Waals surface area contributed by atoms with Gasteiger partial charge < -0.3 is 10.1 Å². The van der Waals surface area contributed by atoms with Crippen LogP contribution in [0.1, 0.15) is 59.1 Å². The van der Waals surface area contributed by atoms with E-state index in [1.54, 1.807) is 0 Å². The summed E-state index contributed by atoms with van der Waals surface area (Å²) in [6.45, 7) is 16.3. The Labute approximate surface area is 175 Å². The summed E-state index contributed by atoms with van der Waals surface area (Å²) < 4.78 is 5.27. The van der Waals surface area contributed by atoms with Crippen LogP contribution in [0.15, 0.2) is 60.8 Å². The molecule has 0 heterocycles. The number of rotatable bonds is 6. The molecule has 0 aliphatic heterocycles. The maximum atomic E-state index is 11.8. The molecule has 0 aliphatic rings. The predicted octanol–water partition coefficient (Wildman–Crippen LogP) is 6.99. The molecule has 0 spiro atoms. The maximum absolute atomic E-state index is 11.8. The van der Waals surface area contributed by atoms with Crippen LogP contribution in [-0.2, 0) is 11.2 Å². The number of carbonyl (C=O) groups is 1. The summed E-state index contributed by atoms with van der Waals surface area (Å²) >= 11 is 0. The van der Waals surface area contributed by atoms with E-state index in [0.717, 1.165) is 29.9 Å². The van der Waals surface area contributed by atoms with Gasteiger partial charge in [-0.15, -0.1) is 0 Å². The minimum Gasteiger partial charge on any atom is -0.444 e. The van der Waals surface area contributed by atoms with Crippen molar-refractivity contribution in [1.82, 2.24) is 0 Å². The van der Waals surface area contributed by atoms with E-state index in [-0.39, 0.29) is 5.41 Å². The maximum Gasteiger partial charge on any atom is 0.412 e. The zero-order valence-corrected chi connectivity index (χ0v) is 18.6. The molecule has 0 atom stereocenters. The smallest absolute Gasteiger partial charge is 0.412 e. The minimum atomic E-state index is -0.510. The fourth-order valence-corrected chi connectivity index (χ4v) is 2.96. The van der Waals surface area contributed by atoms with Crippen LogP contribution in [0.2, 0.25) is 0 Å². The molecule has 2 aromatic rings. The van der Waals surface area contributed by atoms with Crippen molar-refractivity contribution in [3.63, 3.8) is 0 Å². The van der Waals surface area contributed by atoms with Gasteiger partial charge >= 0.3 is 6.09 Å². The molecule has 29 heavy (non-hydrogen) atoms. The number of hydrogen-bond donors (Lipinski definition) is 2. The normalized spacial score (nSPS) is 11.7. The Morgan fingerprint density at radius 1 is 0.828 bits per heavy atom. The number of hydrogen-bond acceptors (Lipinski definition) is 3. The Hall–Kier alpha value is -2.75. The lowest BCUT2D eigenvalue weighted by molar-refractivity contribution is 0.0636. The first-order chi connectivity index (χ1) is 13.4. The first kappa shape index (κ1) is 22.5. The first-order valence-corrected chi connectivity index (χ1v) is 10.0. The first-order valence-electron chi connectivity index (χ1n) is 10.0. The summed E-state index contributed by atoms with van der Waals surface area (Å²) in [5, 5.41) is 6.14. The average Bonchev–Trinajstić information content (AvgIpc) is 2.55. The van der Waals surface area contributed by atoms with Gasteiger partial charge in [-0.3, -0.25) is 5.32 Å². The molecule has 0 unspecified atom stereocenters. The molecule has 2 N–H and O–H groups in total. The van der Waals surface area contributed by atoms with Gasteiger partial charge in [-0.25, -0.2) is 4.79 Å². The lowest BCUT2D eigenvalue weighted by Crippen LogP contribution is -2.27. The molecule has 0 bridgehead atoms. The highest BCUT2D eigenvalue weighted by Gasteiger charge is 2.16. The van der Waals surface area contributed by atoms with Gasteiger partial charge in [-0.1, -0.05) is 51.6 Å². The van der Waals surface area contributed by atoms with Crippen molar-refractivity contribution in [3.05, 3.63) is 71.9 Å². The number of amides is 1. The highest BCUT2D eigenvalue weighted by atomic mass is 16.6. The molecule has 2 aromatic carbocycles. The number of anilines is 2. The van der Waals surface area contributed by atoms with E-state index in [2.05, 4.69) is 62.2 Å². The van der Waals surface area contributed by atoms with Gasteiger partial charge in [-0.05, 0) is 74.4 Å². The number of benzene rings is 2. The van der Waals surface area contributed by atoms with E-state index in [4.69, 9.17) is 4.74 Å². The fourth-order valence-electron chi connectivity index (χ4n) is 2.96. The van der Waals surface area contributed by atoms with Crippen LogP contribution >= 0.6 is 0 Å². The Balaban J connectivity index is 1.90. The average molecular weight is 395 g/mol. The molecule has 0 radical (unpaired) electrons. The zero-order chi connectivity index (χ0) is 21.7. The summed E-state index contributed by atoms with van der Waals surface area (Å²) in [5.41, 5.74) is 4.92. The summed E-state index contributed by atoms with van der Waals surface area (Å²) in [6, 6.07) is 16.2. The summed E-state index contributed by atoms with van der Waals surface area (Å²) in [7, 11) is 0. The van der Waals surface area contributed by atoms with Crippen LogP contribution in [-0.4, -0.2) is 11.7 Å². The molecule has 4 nitrogen and oxygen atoms in total. The zero-order valence-electron chi connectivity index (χ0n) is 18.6. The van der Waals surface area contributed by atoms with E-state index in [0.29, 0.717) is 0 Å². The van der Waals surface area contributed by atoms with E-state index >= 15 is 0 Å². The molecule has 0 aliphatic carbocycles. The summed E-state index contributed by atoms with van der Waals surface area (Å²) in [6.07, 6.45) is 1.32.